The molecule has 0 aliphatic carbocycles. The lowest BCUT2D eigenvalue weighted by Crippen LogP contribution is -2.44. The SMILES string of the molecule is CN(CCOc1ccccc1)C(=O)C1CCN(S(=O)(=O)c2ccc(F)c(F)c2)CC1. The summed E-state index contributed by atoms with van der Waals surface area (Å²) in [6.45, 7) is 1.06. The van der Waals surface area contributed by atoms with Crippen LogP contribution in [0.5, 0.6) is 5.75 Å². The third-order valence-corrected chi connectivity index (χ3v) is 7.04. The van der Waals surface area contributed by atoms with Crippen molar-refractivity contribution in [2.75, 3.05) is 33.3 Å². The van der Waals surface area contributed by atoms with Crippen molar-refractivity contribution in [2.45, 2.75) is 17.7 Å². The summed E-state index contributed by atoms with van der Waals surface area (Å²) >= 11 is 0. The molecule has 30 heavy (non-hydrogen) atoms. The van der Waals surface area contributed by atoms with Crippen molar-refractivity contribution < 1.29 is 26.7 Å². The topological polar surface area (TPSA) is 66.9 Å². The number of nitrogens with zero attached hydrogens (tertiary/aromatic N) is 2. The van der Waals surface area contributed by atoms with Crippen molar-refractivity contribution in [3.8, 4) is 5.75 Å². The molecule has 0 N–H and O–H groups in total. The first-order chi connectivity index (χ1) is 14.3. The number of para-hydroxylation sites is 1. The summed E-state index contributed by atoms with van der Waals surface area (Å²) in [6, 6.07) is 11.8. The van der Waals surface area contributed by atoms with E-state index in [1.165, 1.54) is 4.31 Å². The molecule has 2 aromatic carbocycles. The Morgan fingerprint density at radius 1 is 1.10 bits per heavy atom. The standard InChI is InChI=1S/C21H24F2N2O4S/c1-24(13-14-29-17-5-3-2-4-6-17)21(26)16-9-11-25(12-10-16)30(27,28)18-7-8-19(22)20(23)15-18/h2-8,15-16H,9-14H2,1H3. The van der Waals surface area contributed by atoms with E-state index >= 15 is 0 Å². The zero-order valence-corrected chi connectivity index (χ0v) is 17.4. The molecule has 0 atom stereocenters. The molecule has 0 unspecified atom stereocenters. The Kier molecular flexibility index (Phi) is 7.04. The maximum absolute atomic E-state index is 13.4. The highest BCUT2D eigenvalue weighted by atomic mass is 32.2. The van der Waals surface area contributed by atoms with E-state index < -0.39 is 21.7 Å². The van der Waals surface area contributed by atoms with Gasteiger partial charge in [0.1, 0.15) is 12.4 Å². The lowest BCUT2D eigenvalue weighted by Gasteiger charge is -2.32. The van der Waals surface area contributed by atoms with E-state index in [2.05, 4.69) is 0 Å². The largest absolute Gasteiger partial charge is 0.492 e. The molecule has 1 amide bonds. The normalized spacial score (nSPS) is 15.7. The van der Waals surface area contributed by atoms with Crippen LogP contribution in [-0.4, -0.2) is 56.8 Å². The van der Waals surface area contributed by atoms with Crippen LogP contribution in [0.4, 0.5) is 8.78 Å². The molecule has 1 saturated heterocycles. The van der Waals surface area contributed by atoms with Gasteiger partial charge in [-0.15, -0.1) is 0 Å². The average Bonchev–Trinajstić information content (AvgIpc) is 2.75. The third kappa shape index (κ3) is 5.14. The Balaban J connectivity index is 1.51. The van der Waals surface area contributed by atoms with Gasteiger partial charge in [-0.2, -0.15) is 4.31 Å². The molecule has 0 bridgehead atoms. The zero-order valence-electron chi connectivity index (χ0n) is 16.6. The number of sulfonamides is 1. The van der Waals surface area contributed by atoms with E-state index in [9.17, 15) is 22.0 Å². The van der Waals surface area contributed by atoms with E-state index in [1.54, 1.807) is 11.9 Å². The fraction of sp³-hybridized carbons (Fsp3) is 0.381. The highest BCUT2D eigenvalue weighted by molar-refractivity contribution is 7.89. The molecular weight excluding hydrogens is 414 g/mol. The molecule has 1 aliphatic rings. The molecule has 0 saturated carbocycles. The van der Waals surface area contributed by atoms with Crippen LogP contribution in [0.1, 0.15) is 12.8 Å². The molecule has 0 aromatic heterocycles. The molecule has 2 aromatic rings. The molecule has 0 spiro atoms. The van der Waals surface area contributed by atoms with Crippen molar-refractivity contribution in [1.82, 2.24) is 9.21 Å². The predicted molar refractivity (Wildman–Crippen MR) is 107 cm³/mol. The lowest BCUT2D eigenvalue weighted by molar-refractivity contribution is -0.135. The minimum atomic E-state index is -3.93. The maximum atomic E-state index is 13.4. The molecule has 0 radical (unpaired) electrons. The number of amides is 1. The quantitative estimate of drug-likeness (QED) is 0.667. The van der Waals surface area contributed by atoms with Gasteiger partial charge in [0, 0.05) is 26.1 Å². The summed E-state index contributed by atoms with van der Waals surface area (Å²) in [5.41, 5.74) is 0. The first-order valence-electron chi connectivity index (χ1n) is 9.67. The molecule has 1 fully saturated rings. The highest BCUT2D eigenvalue weighted by Crippen LogP contribution is 2.25. The Bertz CT molecular complexity index is 978. The molecule has 1 heterocycles. The Hall–Kier alpha value is -2.52. The fourth-order valence-electron chi connectivity index (χ4n) is 3.37. The first-order valence-corrected chi connectivity index (χ1v) is 11.1. The maximum Gasteiger partial charge on any atom is 0.243 e. The van der Waals surface area contributed by atoms with Gasteiger partial charge in [-0.25, -0.2) is 17.2 Å². The van der Waals surface area contributed by atoms with E-state index in [0.29, 0.717) is 32.1 Å². The minimum Gasteiger partial charge on any atom is -0.492 e. The number of benzene rings is 2. The van der Waals surface area contributed by atoms with Crippen molar-refractivity contribution in [3.05, 3.63) is 60.2 Å². The van der Waals surface area contributed by atoms with Crippen LogP contribution in [0.2, 0.25) is 0 Å². The van der Waals surface area contributed by atoms with Gasteiger partial charge >= 0.3 is 0 Å². The summed E-state index contributed by atoms with van der Waals surface area (Å²) in [5.74, 6) is -1.92. The Morgan fingerprint density at radius 3 is 2.40 bits per heavy atom. The van der Waals surface area contributed by atoms with Crippen LogP contribution in [-0.2, 0) is 14.8 Å². The zero-order chi connectivity index (χ0) is 21.7. The van der Waals surface area contributed by atoms with Crippen LogP contribution in [0.15, 0.2) is 53.4 Å². The molecule has 3 rings (SSSR count). The predicted octanol–water partition coefficient (Wildman–Crippen LogP) is 2.90. The van der Waals surface area contributed by atoms with Crippen molar-refractivity contribution in [3.63, 3.8) is 0 Å². The van der Waals surface area contributed by atoms with E-state index in [-0.39, 0.29) is 29.8 Å². The van der Waals surface area contributed by atoms with E-state index in [4.69, 9.17) is 4.74 Å². The Morgan fingerprint density at radius 2 is 1.77 bits per heavy atom. The first kappa shape index (κ1) is 22.2. The highest BCUT2D eigenvalue weighted by Gasteiger charge is 2.33. The van der Waals surface area contributed by atoms with Crippen molar-refractivity contribution in [1.29, 1.82) is 0 Å². The van der Waals surface area contributed by atoms with Crippen LogP contribution in [0.25, 0.3) is 0 Å². The number of rotatable bonds is 7. The number of carbonyl (C=O) groups is 1. The number of halogens is 2. The van der Waals surface area contributed by atoms with Crippen LogP contribution in [0.3, 0.4) is 0 Å². The minimum absolute atomic E-state index is 0.0588. The van der Waals surface area contributed by atoms with Gasteiger partial charge in [-0.3, -0.25) is 4.79 Å². The van der Waals surface area contributed by atoms with Gasteiger partial charge in [-0.1, -0.05) is 18.2 Å². The van der Waals surface area contributed by atoms with Crippen LogP contribution in [0, 0.1) is 17.6 Å². The second-order valence-electron chi connectivity index (χ2n) is 7.18. The number of ether oxygens (including phenoxy) is 1. The van der Waals surface area contributed by atoms with Gasteiger partial charge in [0.2, 0.25) is 15.9 Å². The average molecular weight is 438 g/mol. The summed E-state index contributed by atoms with van der Waals surface area (Å²) in [7, 11) is -2.24. The van der Waals surface area contributed by atoms with Crippen molar-refractivity contribution in [2.24, 2.45) is 5.92 Å². The third-order valence-electron chi connectivity index (χ3n) is 5.15. The molecule has 162 valence electrons. The smallest absolute Gasteiger partial charge is 0.243 e. The number of likely N-dealkylation sites (N-methyl/N-ethyl adjacent to an activating group) is 1. The summed E-state index contributed by atoms with van der Waals surface area (Å²) < 4.78 is 58.7. The summed E-state index contributed by atoms with van der Waals surface area (Å²) in [6.07, 6.45) is 0.733. The van der Waals surface area contributed by atoms with Gasteiger partial charge in [0.05, 0.1) is 11.4 Å². The summed E-state index contributed by atoms with van der Waals surface area (Å²) in [4.78, 5) is 14.0. The van der Waals surface area contributed by atoms with Crippen LogP contribution >= 0.6 is 0 Å². The van der Waals surface area contributed by atoms with Gasteiger partial charge in [0.25, 0.3) is 0 Å². The van der Waals surface area contributed by atoms with Gasteiger partial charge < -0.3 is 9.64 Å². The second kappa shape index (κ2) is 9.53. The van der Waals surface area contributed by atoms with Crippen LogP contribution < -0.4 is 4.74 Å². The fourth-order valence-corrected chi connectivity index (χ4v) is 4.85. The summed E-state index contributed by atoms with van der Waals surface area (Å²) in [5, 5.41) is 0. The Labute approximate surface area is 175 Å². The monoisotopic (exact) mass is 438 g/mol. The number of hydrogen-bond acceptors (Lipinski definition) is 4. The van der Waals surface area contributed by atoms with Gasteiger partial charge in [-0.05, 0) is 43.2 Å². The molecule has 1 aliphatic heterocycles. The van der Waals surface area contributed by atoms with E-state index in [0.717, 1.165) is 17.9 Å². The number of carbonyl (C=O) groups excluding carboxylic acids is 1. The molecular formula is C21H24F2N2O4S. The molecule has 9 heteroatoms. The van der Waals surface area contributed by atoms with Gasteiger partial charge in [0.15, 0.2) is 11.6 Å². The second-order valence-corrected chi connectivity index (χ2v) is 9.11. The van der Waals surface area contributed by atoms with Crippen molar-refractivity contribution >= 4 is 15.9 Å². The number of hydrogen-bond donors (Lipinski definition) is 0. The number of piperidine rings is 1. The lowest BCUT2D eigenvalue weighted by atomic mass is 9.97. The van der Waals surface area contributed by atoms with E-state index in [1.807, 2.05) is 30.3 Å². The molecule has 6 nitrogen and oxygen atoms in total.